The fourth-order valence-electron chi connectivity index (χ4n) is 1.50. The molecule has 1 amide bonds. The van der Waals surface area contributed by atoms with Crippen LogP contribution in [0.1, 0.15) is 27.2 Å². The third kappa shape index (κ3) is 7.17. The molecule has 21 heavy (non-hydrogen) atoms. The summed E-state index contributed by atoms with van der Waals surface area (Å²) in [6.07, 6.45) is 2.96. The predicted molar refractivity (Wildman–Crippen MR) is 88.9 cm³/mol. The number of thioether (sulfide) groups is 1. The van der Waals surface area contributed by atoms with Gasteiger partial charge in [-0.3, -0.25) is 4.79 Å². The van der Waals surface area contributed by atoms with Gasteiger partial charge >= 0.3 is 0 Å². The van der Waals surface area contributed by atoms with Crippen LogP contribution < -0.4 is 16.0 Å². The number of rotatable bonds is 9. The topological polar surface area (TPSA) is 78.9 Å². The molecule has 0 radical (unpaired) electrons. The first-order valence-corrected chi connectivity index (χ1v) is 8.45. The lowest BCUT2D eigenvalue weighted by Gasteiger charge is -2.11. The minimum atomic E-state index is -0.0314. The van der Waals surface area contributed by atoms with Crippen molar-refractivity contribution in [3.05, 3.63) is 6.07 Å². The van der Waals surface area contributed by atoms with Gasteiger partial charge in [-0.05, 0) is 18.6 Å². The van der Waals surface area contributed by atoms with Gasteiger partial charge in [0.1, 0.15) is 11.6 Å². The van der Waals surface area contributed by atoms with Crippen molar-refractivity contribution in [1.82, 2.24) is 15.3 Å². The highest BCUT2D eigenvalue weighted by molar-refractivity contribution is 7.98. The Morgan fingerprint density at radius 1 is 1.29 bits per heavy atom. The van der Waals surface area contributed by atoms with E-state index in [4.69, 9.17) is 0 Å². The lowest BCUT2D eigenvalue weighted by molar-refractivity contribution is -0.119. The summed E-state index contributed by atoms with van der Waals surface area (Å²) in [5.41, 5.74) is 0. The molecule has 1 rings (SSSR count). The molecular formula is C14H25N5OS. The molecule has 0 bridgehead atoms. The molecular weight excluding hydrogens is 286 g/mol. The lowest BCUT2D eigenvalue weighted by atomic mass is 10.2. The van der Waals surface area contributed by atoms with Crippen LogP contribution in [0.2, 0.25) is 0 Å². The molecule has 1 heterocycles. The van der Waals surface area contributed by atoms with Gasteiger partial charge in [0, 0.05) is 19.2 Å². The first-order chi connectivity index (χ1) is 10.0. The first-order valence-electron chi connectivity index (χ1n) is 7.22. The Labute approximate surface area is 130 Å². The third-order valence-electron chi connectivity index (χ3n) is 2.58. The fraction of sp³-hybridized carbons (Fsp3) is 0.643. The van der Waals surface area contributed by atoms with Gasteiger partial charge in [-0.15, -0.1) is 0 Å². The molecule has 118 valence electrons. The average Bonchev–Trinajstić information content (AvgIpc) is 2.48. The normalized spacial score (nSPS) is 10.5. The molecule has 7 heteroatoms. The molecule has 0 aliphatic heterocycles. The summed E-state index contributed by atoms with van der Waals surface area (Å²) >= 11 is 1.48. The number of nitrogens with one attached hydrogen (secondary N) is 3. The minimum absolute atomic E-state index is 0.0314. The third-order valence-corrected chi connectivity index (χ3v) is 3.13. The number of anilines is 2. The lowest BCUT2D eigenvalue weighted by Crippen LogP contribution is -2.32. The maximum atomic E-state index is 11.7. The number of hydrogen-bond acceptors (Lipinski definition) is 6. The highest BCUT2D eigenvalue weighted by atomic mass is 32.2. The van der Waals surface area contributed by atoms with Crippen molar-refractivity contribution < 1.29 is 4.79 Å². The Hall–Kier alpha value is -1.50. The second kappa shape index (κ2) is 9.44. The maximum absolute atomic E-state index is 11.7. The van der Waals surface area contributed by atoms with E-state index in [0.717, 1.165) is 18.8 Å². The molecule has 6 nitrogen and oxygen atoms in total. The van der Waals surface area contributed by atoms with Crippen LogP contribution in [0.3, 0.4) is 0 Å². The quantitative estimate of drug-likeness (QED) is 0.479. The van der Waals surface area contributed by atoms with Gasteiger partial charge in [-0.2, -0.15) is 0 Å². The molecule has 0 unspecified atom stereocenters. The van der Waals surface area contributed by atoms with Crippen LogP contribution in [-0.4, -0.2) is 41.8 Å². The fourth-order valence-corrected chi connectivity index (χ4v) is 1.88. The zero-order chi connectivity index (χ0) is 15.7. The summed E-state index contributed by atoms with van der Waals surface area (Å²) in [7, 11) is 0. The summed E-state index contributed by atoms with van der Waals surface area (Å²) in [6, 6.07) is 1.82. The van der Waals surface area contributed by atoms with Gasteiger partial charge in [0.15, 0.2) is 5.16 Å². The van der Waals surface area contributed by atoms with Crippen LogP contribution in [0.5, 0.6) is 0 Å². The van der Waals surface area contributed by atoms with Crippen LogP contribution in [0, 0.1) is 5.92 Å². The van der Waals surface area contributed by atoms with E-state index in [1.165, 1.54) is 11.8 Å². The largest absolute Gasteiger partial charge is 0.370 e. The van der Waals surface area contributed by atoms with Gasteiger partial charge in [-0.25, -0.2) is 9.97 Å². The van der Waals surface area contributed by atoms with Crippen LogP contribution >= 0.6 is 11.8 Å². The minimum Gasteiger partial charge on any atom is -0.370 e. The van der Waals surface area contributed by atoms with Gasteiger partial charge in [0.2, 0.25) is 5.91 Å². The molecule has 0 aliphatic rings. The number of carbonyl (C=O) groups excluding carboxylic acids is 1. The smallest absolute Gasteiger partial charge is 0.239 e. The number of nitrogens with zero attached hydrogens (tertiary/aromatic N) is 2. The second-order valence-electron chi connectivity index (χ2n) is 5.10. The van der Waals surface area contributed by atoms with Gasteiger partial charge in [0.05, 0.1) is 6.54 Å². The van der Waals surface area contributed by atoms with E-state index < -0.39 is 0 Å². The van der Waals surface area contributed by atoms with E-state index >= 15 is 0 Å². The molecule has 0 aromatic carbocycles. The van der Waals surface area contributed by atoms with E-state index in [1.807, 2.05) is 12.3 Å². The highest BCUT2D eigenvalue weighted by Gasteiger charge is 2.06. The zero-order valence-electron chi connectivity index (χ0n) is 13.2. The van der Waals surface area contributed by atoms with E-state index in [1.54, 1.807) is 0 Å². The summed E-state index contributed by atoms with van der Waals surface area (Å²) < 4.78 is 0. The van der Waals surface area contributed by atoms with Crippen LogP contribution in [0.25, 0.3) is 0 Å². The molecule has 3 N–H and O–H groups in total. The molecule has 1 aromatic rings. The Kier molecular flexibility index (Phi) is 7.89. The SMILES string of the molecule is CCCNc1cc(NCC(=O)NCC(C)C)nc(SC)n1. The Bertz CT molecular complexity index is 453. The van der Waals surface area contributed by atoms with Crippen LogP contribution in [0.15, 0.2) is 11.2 Å². The number of aromatic nitrogens is 2. The Balaban J connectivity index is 2.58. The van der Waals surface area contributed by atoms with Crippen LogP contribution in [-0.2, 0) is 4.79 Å². The van der Waals surface area contributed by atoms with Crippen molar-refractivity contribution >= 4 is 29.3 Å². The van der Waals surface area contributed by atoms with Crippen molar-refractivity contribution in [3.8, 4) is 0 Å². The van der Waals surface area contributed by atoms with Crippen molar-refractivity contribution in [2.24, 2.45) is 5.92 Å². The molecule has 0 aliphatic carbocycles. The average molecular weight is 311 g/mol. The number of carbonyl (C=O) groups is 1. The second-order valence-corrected chi connectivity index (χ2v) is 5.88. The Morgan fingerprint density at radius 3 is 2.52 bits per heavy atom. The highest BCUT2D eigenvalue weighted by Crippen LogP contribution is 2.17. The zero-order valence-corrected chi connectivity index (χ0v) is 14.0. The van der Waals surface area contributed by atoms with E-state index in [0.29, 0.717) is 23.4 Å². The van der Waals surface area contributed by atoms with E-state index in [9.17, 15) is 4.79 Å². The van der Waals surface area contributed by atoms with Crippen molar-refractivity contribution in [2.45, 2.75) is 32.3 Å². The van der Waals surface area contributed by atoms with Gasteiger partial charge < -0.3 is 16.0 Å². The molecule has 1 aromatic heterocycles. The van der Waals surface area contributed by atoms with Crippen molar-refractivity contribution in [1.29, 1.82) is 0 Å². The number of amides is 1. The molecule has 0 fully saturated rings. The summed E-state index contributed by atoms with van der Waals surface area (Å²) in [6.45, 7) is 7.98. The summed E-state index contributed by atoms with van der Waals surface area (Å²) in [4.78, 5) is 20.4. The molecule has 0 spiro atoms. The summed E-state index contributed by atoms with van der Waals surface area (Å²) in [5, 5.41) is 9.82. The van der Waals surface area contributed by atoms with E-state index in [2.05, 4.69) is 46.7 Å². The summed E-state index contributed by atoms with van der Waals surface area (Å²) in [5.74, 6) is 1.85. The van der Waals surface area contributed by atoms with Crippen molar-refractivity contribution in [3.63, 3.8) is 0 Å². The van der Waals surface area contributed by atoms with Crippen molar-refractivity contribution in [2.75, 3.05) is 36.5 Å². The van der Waals surface area contributed by atoms with Gasteiger partial charge in [-0.1, -0.05) is 32.5 Å². The first kappa shape index (κ1) is 17.6. The van der Waals surface area contributed by atoms with Crippen LogP contribution in [0.4, 0.5) is 11.6 Å². The van der Waals surface area contributed by atoms with E-state index in [-0.39, 0.29) is 12.5 Å². The molecule has 0 saturated carbocycles. The molecule has 0 saturated heterocycles. The maximum Gasteiger partial charge on any atom is 0.239 e. The Morgan fingerprint density at radius 2 is 1.95 bits per heavy atom. The van der Waals surface area contributed by atoms with Gasteiger partial charge in [0.25, 0.3) is 0 Å². The predicted octanol–water partition coefficient (Wildman–Crippen LogP) is 2.20. The molecule has 0 atom stereocenters. The number of hydrogen-bond donors (Lipinski definition) is 3. The monoisotopic (exact) mass is 311 g/mol. The standard InChI is InChI=1S/C14H25N5OS/c1-5-6-15-11-7-12(19-14(18-11)21-4)16-9-13(20)17-8-10(2)3/h7,10H,5-6,8-9H2,1-4H3,(H,17,20)(H2,15,16,18,19).